The number of rotatable bonds is 23. The van der Waals surface area contributed by atoms with Crippen molar-refractivity contribution in [3.05, 3.63) is 270 Å². The summed E-state index contributed by atoms with van der Waals surface area (Å²) in [6.07, 6.45) is 16.4. The molecule has 0 saturated carbocycles. The number of hydrogen-bond acceptors (Lipinski definition) is 29. The molecule has 10 aromatic heterocycles. The van der Waals surface area contributed by atoms with Gasteiger partial charge in [-0.15, -0.1) is 0 Å². The standard InChI is InChI=1S/C22H26N4O3.C22H25N3O4.C21H23FN4O2.C21H23N3O4.C20H21N3O4/c1-15-11-17(25-9-4-7-23-8-10-25)14-26-21(27)13-18(24-22(15)26)16-5-6-19(28-2)20(12-16)29-3;1-24-10-8-16(9-11-24)29-17-5-7-21-23-18(13-22(26)25(21)14-17)15-4-6-19(27-2)20(12-15)28-3;1-24-9-8-16(12-24)25(2)15-5-7-20-23-18(11-21(27)26(20)13-15)14-4-6-19(28-3)17(22)10-14;1-26-18-5-3-14(11-19(18)27-2)17-12-21(25)24-13-16(4-6-20(24)23-17)28-15-7-9-22-10-8-15;1-25-17-5-3-13(9-18(17)26-2)16-10-20(24)23-12-15(4-6-19(23)22-16)27-14-7-8-21-11-14/h5-6,11-14,23H,4,7-10H2,1-3H3;4-7,12-14,16H,8-11H2,1-3H3;4-7,10-11,13,16H,8-9,12H2,1-3H3;3-6,11-13,15,22H,7-10H2,1-2H3;3-6,9-10,12,14,21H,7-8,11H2,1-2H3/t;;16-;;14-/m..1.0/s1. The molecule has 15 aromatic rings. The molecule has 2 atom stereocenters. The molecule has 0 aliphatic carbocycles. The molecule has 35 heteroatoms. The largest absolute Gasteiger partial charge is 0.494 e. The van der Waals surface area contributed by atoms with Gasteiger partial charge in [-0.05, 0) is 250 Å². The number of anilines is 2. The molecule has 0 spiro atoms. The number of ether oxygens (including phenoxy) is 12. The predicted molar refractivity (Wildman–Crippen MR) is 542 cm³/mol. The molecule has 0 amide bonds. The Morgan fingerprint density at radius 3 is 1.12 bits per heavy atom. The summed E-state index contributed by atoms with van der Waals surface area (Å²) in [7, 11) is 20.4. The summed E-state index contributed by atoms with van der Waals surface area (Å²) in [5.74, 6) is 6.61. The number of hydrogen-bond donors (Lipinski definition) is 3. The highest BCUT2D eigenvalue weighted by atomic mass is 19.1. The molecule has 5 aliphatic heterocycles. The van der Waals surface area contributed by atoms with Crippen LogP contribution in [-0.2, 0) is 0 Å². The molecule has 3 N–H and O–H groups in total. The molecular formula is C106H118FN17O17. The molecule has 5 aromatic carbocycles. The second kappa shape index (κ2) is 45.6. The summed E-state index contributed by atoms with van der Waals surface area (Å²) in [5.41, 5.74) is 11.6. The van der Waals surface area contributed by atoms with E-state index in [1.54, 1.807) is 116 Å². The van der Waals surface area contributed by atoms with Crippen LogP contribution in [0.2, 0.25) is 0 Å². The average molecular weight is 1920 g/mol. The van der Waals surface area contributed by atoms with Gasteiger partial charge in [0.1, 0.15) is 63.8 Å². The third-order valence-corrected chi connectivity index (χ3v) is 25.5. The van der Waals surface area contributed by atoms with Crippen LogP contribution in [0.1, 0.15) is 50.5 Å². The van der Waals surface area contributed by atoms with Crippen LogP contribution >= 0.6 is 0 Å². The van der Waals surface area contributed by atoms with Gasteiger partial charge in [-0.1, -0.05) is 0 Å². The van der Waals surface area contributed by atoms with Crippen molar-refractivity contribution in [3.8, 4) is 125 Å². The Hall–Kier alpha value is -15.2. The second-order valence-corrected chi connectivity index (χ2v) is 34.8. The average Bonchev–Trinajstić information content (AvgIpc) is 0.955. The van der Waals surface area contributed by atoms with E-state index in [4.69, 9.17) is 61.8 Å². The molecule has 34 nitrogen and oxygen atoms in total. The van der Waals surface area contributed by atoms with Gasteiger partial charge in [-0.25, -0.2) is 29.3 Å². The Balaban J connectivity index is 0.000000127. The lowest BCUT2D eigenvalue weighted by molar-refractivity contribution is 0.114. The molecule has 0 unspecified atom stereocenters. The van der Waals surface area contributed by atoms with Crippen LogP contribution in [0, 0.1) is 12.7 Å². The van der Waals surface area contributed by atoms with Crippen LogP contribution in [0.25, 0.3) is 84.5 Å². The summed E-state index contributed by atoms with van der Waals surface area (Å²) >= 11 is 0. The van der Waals surface area contributed by atoms with Crippen molar-refractivity contribution in [1.29, 1.82) is 0 Å². The number of aryl methyl sites for hydroxylation is 1. The molecule has 5 aliphatic rings. The number of piperidine rings is 2. The van der Waals surface area contributed by atoms with Gasteiger partial charge in [0.05, 0.1) is 122 Å². The summed E-state index contributed by atoms with van der Waals surface area (Å²) in [6, 6.07) is 51.4. The Kier molecular flexibility index (Phi) is 32.0. The lowest BCUT2D eigenvalue weighted by atomic mass is 10.1. The van der Waals surface area contributed by atoms with Crippen LogP contribution in [0.3, 0.4) is 0 Å². The highest BCUT2D eigenvalue weighted by molar-refractivity contribution is 5.72. The number of pyridine rings is 5. The highest BCUT2D eigenvalue weighted by Crippen LogP contribution is 2.38. The maximum atomic E-state index is 14.0. The first-order valence-corrected chi connectivity index (χ1v) is 46.9. The summed E-state index contributed by atoms with van der Waals surface area (Å²) in [5, 5.41) is 9.99. The summed E-state index contributed by atoms with van der Waals surface area (Å²) in [6.45, 7) is 13.7. The summed E-state index contributed by atoms with van der Waals surface area (Å²) in [4.78, 5) is 96.0. The zero-order valence-corrected chi connectivity index (χ0v) is 81.5. The van der Waals surface area contributed by atoms with Crippen LogP contribution in [0.5, 0.6) is 69.0 Å². The van der Waals surface area contributed by atoms with Gasteiger partial charge in [0.25, 0.3) is 27.8 Å². The molecule has 20 rings (SSSR count). The Labute approximate surface area is 814 Å². The van der Waals surface area contributed by atoms with E-state index in [9.17, 15) is 28.4 Å². The van der Waals surface area contributed by atoms with E-state index in [2.05, 4.69) is 82.7 Å². The first-order chi connectivity index (χ1) is 68.5. The van der Waals surface area contributed by atoms with Gasteiger partial charge in [0.2, 0.25) is 0 Å². The molecule has 141 heavy (non-hydrogen) atoms. The molecular weight excluding hydrogens is 1800 g/mol. The maximum absolute atomic E-state index is 14.0. The summed E-state index contributed by atoms with van der Waals surface area (Å²) < 4.78 is 87.3. The third-order valence-electron chi connectivity index (χ3n) is 25.5. The normalized spacial score (nSPS) is 15.7. The van der Waals surface area contributed by atoms with Crippen LogP contribution in [-0.4, -0.2) is 245 Å². The molecule has 0 bridgehead atoms. The first kappa shape index (κ1) is 98.9. The number of likely N-dealkylation sites (N-methyl/N-ethyl adjacent to an activating group) is 2. The zero-order chi connectivity index (χ0) is 98.9. The lowest BCUT2D eigenvalue weighted by Crippen LogP contribution is -2.35. The van der Waals surface area contributed by atoms with E-state index in [0.29, 0.717) is 132 Å². The minimum absolute atomic E-state index is 0.0994. The fourth-order valence-corrected chi connectivity index (χ4v) is 17.7. The minimum atomic E-state index is -0.486. The number of fused-ring (bicyclic) bond motifs is 5. The minimum Gasteiger partial charge on any atom is -0.494 e. The van der Waals surface area contributed by atoms with E-state index >= 15 is 0 Å². The van der Waals surface area contributed by atoms with E-state index in [1.807, 2.05) is 116 Å². The zero-order valence-electron chi connectivity index (χ0n) is 81.5. The fourth-order valence-electron chi connectivity index (χ4n) is 17.7. The van der Waals surface area contributed by atoms with Crippen molar-refractivity contribution < 1.29 is 61.2 Å². The number of aromatic nitrogens is 10. The van der Waals surface area contributed by atoms with Crippen molar-refractivity contribution in [3.63, 3.8) is 0 Å². The lowest BCUT2D eigenvalue weighted by Gasteiger charge is -2.29. The number of likely N-dealkylation sites (tertiary alicyclic amines) is 2. The monoisotopic (exact) mass is 1920 g/mol. The quantitative estimate of drug-likeness (QED) is 0.0535. The molecule has 5 fully saturated rings. The number of methoxy groups -OCH3 is 9. The topological polar surface area (TPSA) is 332 Å². The third kappa shape index (κ3) is 23.5. The number of nitrogens with one attached hydrogen (secondary N) is 3. The smallest absolute Gasteiger partial charge is 0.258 e. The molecule has 15 heterocycles. The Morgan fingerprint density at radius 2 is 0.709 bits per heavy atom. The predicted octanol–water partition coefficient (Wildman–Crippen LogP) is 12.6. The number of benzene rings is 5. The van der Waals surface area contributed by atoms with Gasteiger partial charge in [-0.2, -0.15) is 0 Å². The van der Waals surface area contributed by atoms with Gasteiger partial charge >= 0.3 is 0 Å². The van der Waals surface area contributed by atoms with E-state index in [-0.39, 0.29) is 51.9 Å². The first-order valence-electron chi connectivity index (χ1n) is 46.9. The van der Waals surface area contributed by atoms with E-state index in [1.165, 1.54) is 61.1 Å². The number of nitrogens with zero attached hydrogens (tertiary/aromatic N) is 14. The highest BCUT2D eigenvalue weighted by Gasteiger charge is 2.27. The Bertz CT molecular complexity index is 7300. The van der Waals surface area contributed by atoms with E-state index in [0.717, 1.165) is 163 Å². The second-order valence-electron chi connectivity index (χ2n) is 34.8. The molecule has 5 saturated heterocycles. The van der Waals surface area contributed by atoms with Crippen LogP contribution < -0.4 is 110 Å². The van der Waals surface area contributed by atoms with Gasteiger partial charge in [-0.3, -0.25) is 46.0 Å². The van der Waals surface area contributed by atoms with Crippen molar-refractivity contribution >= 4 is 39.6 Å². The van der Waals surface area contributed by atoms with Crippen molar-refractivity contribution in [1.82, 2.24) is 72.7 Å². The Morgan fingerprint density at radius 1 is 0.340 bits per heavy atom. The number of halogens is 1. The molecule has 736 valence electrons. The van der Waals surface area contributed by atoms with Crippen LogP contribution in [0.15, 0.2) is 231 Å². The maximum Gasteiger partial charge on any atom is 0.258 e. The van der Waals surface area contributed by atoms with Gasteiger partial charge in [0, 0.05) is 129 Å². The van der Waals surface area contributed by atoms with Gasteiger partial charge < -0.3 is 92.4 Å². The van der Waals surface area contributed by atoms with Crippen molar-refractivity contribution in [2.24, 2.45) is 0 Å². The van der Waals surface area contributed by atoms with E-state index < -0.39 is 5.82 Å². The van der Waals surface area contributed by atoms with Crippen LogP contribution in [0.4, 0.5) is 15.8 Å². The van der Waals surface area contributed by atoms with Crippen molar-refractivity contribution in [2.45, 2.75) is 76.2 Å². The molecule has 0 radical (unpaired) electrons. The fraction of sp³-hybridized carbons (Fsp3) is 0.340. The van der Waals surface area contributed by atoms with Gasteiger partial charge in [0.15, 0.2) is 57.6 Å². The van der Waals surface area contributed by atoms with Crippen molar-refractivity contribution in [2.75, 3.05) is 173 Å². The SMILES string of the molecule is COc1ccc(-c2cc(=O)n3cc(N(C)[C@@H]4CCN(C)C4)ccc3n2)cc1F.COc1ccc(-c2cc(=O)n3cc(N4CCCNCC4)cc(C)c3n2)cc1OC.COc1ccc(-c2cc(=O)n3cc(OC4CCN(C)CC4)ccc3n2)cc1OC.COc1ccc(-c2cc(=O)n3cc(OC4CCNCC4)ccc3n2)cc1OC.COc1ccc(-c2cc(=O)n3cc(O[C@H]4CCNC4)ccc3n2)cc1OC.